The minimum Gasteiger partial charge on any atom is -0.381 e. The SMILES string of the molecule is CN=C(NCC1(SC)CCOCC1)NC1CCc2nc(C(C)C)nn2C1.I. The molecule has 1 aromatic rings. The normalized spacial score (nSPS) is 22.1. The molecule has 1 fully saturated rings. The van der Waals surface area contributed by atoms with Gasteiger partial charge in [0.2, 0.25) is 0 Å². The molecule has 0 radical (unpaired) electrons. The van der Waals surface area contributed by atoms with E-state index in [1.54, 1.807) is 0 Å². The lowest BCUT2D eigenvalue weighted by molar-refractivity contribution is 0.0782. The van der Waals surface area contributed by atoms with Crippen LogP contribution in [0, 0.1) is 0 Å². The fourth-order valence-electron chi connectivity index (χ4n) is 3.52. The van der Waals surface area contributed by atoms with Gasteiger partial charge in [-0.1, -0.05) is 13.8 Å². The number of ether oxygens (including phenoxy) is 1. The van der Waals surface area contributed by atoms with Crippen molar-refractivity contribution >= 4 is 41.7 Å². The second kappa shape index (κ2) is 10.3. The standard InChI is InChI=1S/C18H32N6OS.HI/c1-13(2)16-22-15-6-5-14(11-24(15)23-16)21-17(19-3)20-12-18(26-4)7-9-25-10-8-18;/h13-14H,5-12H2,1-4H3,(H2,19,20,21);1H. The van der Waals surface area contributed by atoms with E-state index in [-0.39, 0.29) is 28.7 Å². The van der Waals surface area contributed by atoms with Gasteiger partial charge in [0.25, 0.3) is 0 Å². The van der Waals surface area contributed by atoms with E-state index in [1.807, 2.05) is 18.8 Å². The summed E-state index contributed by atoms with van der Waals surface area (Å²) in [4.78, 5) is 9.10. The van der Waals surface area contributed by atoms with Gasteiger partial charge in [0.15, 0.2) is 11.8 Å². The molecule has 2 N–H and O–H groups in total. The van der Waals surface area contributed by atoms with Crippen LogP contribution >= 0.6 is 35.7 Å². The summed E-state index contributed by atoms with van der Waals surface area (Å²) in [6.45, 7) is 7.74. The van der Waals surface area contributed by atoms with Crippen molar-refractivity contribution in [3.8, 4) is 0 Å². The van der Waals surface area contributed by atoms with Crippen LogP contribution in [0.3, 0.4) is 0 Å². The van der Waals surface area contributed by atoms with Crippen LogP contribution in [0.4, 0.5) is 0 Å². The third-order valence-corrected chi connectivity index (χ3v) is 6.79. The summed E-state index contributed by atoms with van der Waals surface area (Å²) in [7, 11) is 1.84. The molecule has 154 valence electrons. The Morgan fingerprint density at radius 2 is 2.15 bits per heavy atom. The third kappa shape index (κ3) is 5.72. The molecule has 1 atom stereocenters. The smallest absolute Gasteiger partial charge is 0.191 e. The number of thioether (sulfide) groups is 1. The maximum Gasteiger partial charge on any atom is 0.191 e. The molecule has 0 saturated carbocycles. The molecular weight excluding hydrogens is 475 g/mol. The summed E-state index contributed by atoms with van der Waals surface area (Å²) in [5.41, 5.74) is 0. The van der Waals surface area contributed by atoms with Crippen LogP contribution in [0.1, 0.15) is 50.7 Å². The molecule has 0 aliphatic carbocycles. The highest BCUT2D eigenvalue weighted by molar-refractivity contribution is 14.0. The average molecular weight is 508 g/mol. The Bertz CT molecular complexity index is 629. The van der Waals surface area contributed by atoms with Crippen LogP contribution in [0.25, 0.3) is 0 Å². The lowest BCUT2D eigenvalue weighted by Gasteiger charge is -2.36. The molecule has 27 heavy (non-hydrogen) atoms. The van der Waals surface area contributed by atoms with E-state index in [4.69, 9.17) is 4.74 Å². The van der Waals surface area contributed by atoms with E-state index in [0.717, 1.165) is 69.6 Å². The van der Waals surface area contributed by atoms with Crippen molar-refractivity contribution in [2.75, 3.05) is 33.1 Å². The first kappa shape index (κ1) is 22.7. The fraction of sp³-hybridized carbons (Fsp3) is 0.833. The van der Waals surface area contributed by atoms with Crippen molar-refractivity contribution < 1.29 is 4.74 Å². The maximum absolute atomic E-state index is 5.53. The van der Waals surface area contributed by atoms with Crippen molar-refractivity contribution in [2.24, 2.45) is 4.99 Å². The Balaban J connectivity index is 0.00000261. The Morgan fingerprint density at radius 3 is 2.78 bits per heavy atom. The second-order valence-electron chi connectivity index (χ2n) is 7.53. The van der Waals surface area contributed by atoms with Crippen LogP contribution in [0.5, 0.6) is 0 Å². The molecule has 0 amide bonds. The number of halogens is 1. The zero-order valence-electron chi connectivity index (χ0n) is 16.8. The van der Waals surface area contributed by atoms with Gasteiger partial charge in [-0.05, 0) is 25.5 Å². The van der Waals surface area contributed by atoms with Gasteiger partial charge in [-0.3, -0.25) is 4.99 Å². The first-order valence-corrected chi connectivity index (χ1v) is 10.8. The number of rotatable bonds is 5. The predicted molar refractivity (Wildman–Crippen MR) is 122 cm³/mol. The zero-order valence-corrected chi connectivity index (χ0v) is 20.0. The topological polar surface area (TPSA) is 76.4 Å². The molecule has 0 bridgehead atoms. The van der Waals surface area contributed by atoms with E-state index >= 15 is 0 Å². The quantitative estimate of drug-likeness (QED) is 0.362. The average Bonchev–Trinajstić information content (AvgIpc) is 3.09. The lowest BCUT2D eigenvalue weighted by Crippen LogP contribution is -2.51. The second-order valence-corrected chi connectivity index (χ2v) is 8.80. The van der Waals surface area contributed by atoms with Gasteiger partial charge in [0.1, 0.15) is 5.82 Å². The number of nitrogens with zero attached hydrogens (tertiary/aromatic N) is 4. The predicted octanol–water partition coefficient (Wildman–Crippen LogP) is 2.41. The molecule has 3 heterocycles. The highest BCUT2D eigenvalue weighted by atomic mass is 127. The number of aryl methyl sites for hydroxylation is 1. The molecule has 3 rings (SSSR count). The summed E-state index contributed by atoms with van der Waals surface area (Å²) in [5.74, 6) is 3.31. The molecule has 2 aliphatic heterocycles. The van der Waals surface area contributed by atoms with Gasteiger partial charge in [0, 0.05) is 49.9 Å². The van der Waals surface area contributed by atoms with Crippen LogP contribution in [-0.2, 0) is 17.7 Å². The molecule has 0 spiro atoms. The maximum atomic E-state index is 5.53. The lowest BCUT2D eigenvalue weighted by atomic mass is 9.99. The summed E-state index contributed by atoms with van der Waals surface area (Å²) >= 11 is 1.94. The Kier molecular flexibility index (Phi) is 8.67. The Morgan fingerprint density at radius 1 is 1.41 bits per heavy atom. The number of aliphatic imine (C=N–C) groups is 1. The number of hydrogen-bond donors (Lipinski definition) is 2. The first-order chi connectivity index (χ1) is 12.5. The van der Waals surface area contributed by atoms with Crippen LogP contribution in [0.15, 0.2) is 4.99 Å². The summed E-state index contributed by atoms with van der Waals surface area (Å²) in [5, 5.41) is 11.8. The molecule has 1 saturated heterocycles. The number of nitrogens with one attached hydrogen (secondary N) is 2. The van der Waals surface area contributed by atoms with Gasteiger partial charge in [-0.15, -0.1) is 24.0 Å². The van der Waals surface area contributed by atoms with Gasteiger partial charge in [-0.2, -0.15) is 16.9 Å². The Hall–Kier alpha value is -0.550. The highest BCUT2D eigenvalue weighted by Crippen LogP contribution is 2.32. The molecule has 1 aromatic heterocycles. The van der Waals surface area contributed by atoms with Crippen molar-refractivity contribution in [2.45, 2.75) is 62.8 Å². The summed E-state index contributed by atoms with van der Waals surface area (Å²) in [6, 6.07) is 0.329. The van der Waals surface area contributed by atoms with Gasteiger partial charge in [0.05, 0.1) is 6.54 Å². The van der Waals surface area contributed by atoms with Crippen molar-refractivity contribution in [1.29, 1.82) is 0 Å². The monoisotopic (exact) mass is 508 g/mol. The van der Waals surface area contributed by atoms with Crippen LogP contribution in [-0.4, -0.2) is 64.6 Å². The number of guanidine groups is 1. The van der Waals surface area contributed by atoms with E-state index in [2.05, 4.69) is 50.5 Å². The first-order valence-electron chi connectivity index (χ1n) is 9.59. The van der Waals surface area contributed by atoms with Gasteiger partial charge < -0.3 is 15.4 Å². The molecule has 7 nitrogen and oxygen atoms in total. The minimum atomic E-state index is 0. The van der Waals surface area contributed by atoms with Crippen LogP contribution in [0.2, 0.25) is 0 Å². The van der Waals surface area contributed by atoms with E-state index in [9.17, 15) is 0 Å². The van der Waals surface area contributed by atoms with E-state index in [0.29, 0.717) is 12.0 Å². The molecular formula is C18H33IN6OS. The number of fused-ring (bicyclic) bond motifs is 1. The fourth-order valence-corrected chi connectivity index (χ4v) is 4.31. The number of hydrogen-bond acceptors (Lipinski definition) is 5. The molecule has 9 heteroatoms. The summed E-state index contributed by atoms with van der Waals surface area (Å²) in [6.07, 6.45) is 6.38. The zero-order chi connectivity index (χ0) is 18.6. The van der Waals surface area contributed by atoms with E-state index in [1.165, 1.54) is 0 Å². The number of aromatic nitrogens is 3. The van der Waals surface area contributed by atoms with Crippen molar-refractivity contribution in [3.63, 3.8) is 0 Å². The third-order valence-electron chi connectivity index (χ3n) is 5.37. The van der Waals surface area contributed by atoms with Crippen molar-refractivity contribution in [3.05, 3.63) is 11.6 Å². The molecule has 0 aromatic carbocycles. The summed E-state index contributed by atoms with van der Waals surface area (Å²) < 4.78 is 7.84. The van der Waals surface area contributed by atoms with Crippen LogP contribution < -0.4 is 10.6 Å². The Labute approximate surface area is 183 Å². The van der Waals surface area contributed by atoms with E-state index < -0.39 is 0 Å². The molecule has 2 aliphatic rings. The van der Waals surface area contributed by atoms with Gasteiger partial charge in [-0.25, -0.2) is 9.67 Å². The van der Waals surface area contributed by atoms with Gasteiger partial charge >= 0.3 is 0 Å². The van der Waals surface area contributed by atoms with Crippen molar-refractivity contribution in [1.82, 2.24) is 25.4 Å². The molecule has 1 unspecified atom stereocenters. The largest absolute Gasteiger partial charge is 0.381 e. The minimum absolute atomic E-state index is 0. The highest BCUT2D eigenvalue weighted by Gasteiger charge is 2.32.